The lowest BCUT2D eigenvalue weighted by Crippen LogP contribution is -1.98. The van der Waals surface area contributed by atoms with Gasteiger partial charge in [0.1, 0.15) is 0 Å². The first kappa shape index (κ1) is 11.1. The van der Waals surface area contributed by atoms with Crippen LogP contribution in [0.25, 0.3) is 21.9 Å². The van der Waals surface area contributed by atoms with Crippen molar-refractivity contribution < 1.29 is 4.74 Å². The predicted octanol–water partition coefficient (Wildman–Crippen LogP) is 3.90. The van der Waals surface area contributed by atoms with Crippen molar-refractivity contribution in [1.29, 1.82) is 0 Å². The van der Waals surface area contributed by atoms with Gasteiger partial charge in [-0.25, -0.2) is 4.98 Å². The third-order valence-corrected chi connectivity index (χ3v) is 3.07. The molecule has 1 N–H and O–H groups in total. The number of aromatic nitrogens is 2. The van der Waals surface area contributed by atoms with Crippen molar-refractivity contribution in [1.82, 2.24) is 9.97 Å². The number of unbranched alkanes of at least 4 members (excludes halogenated alkanes) is 1. The van der Waals surface area contributed by atoms with Crippen LogP contribution in [0.15, 0.2) is 36.4 Å². The second-order valence-electron chi connectivity index (χ2n) is 4.42. The number of H-pyrrole nitrogens is 1. The summed E-state index contributed by atoms with van der Waals surface area (Å²) in [5, 5.41) is 1.15. The highest BCUT2D eigenvalue weighted by molar-refractivity contribution is 6.04. The summed E-state index contributed by atoms with van der Waals surface area (Å²) in [6.45, 7) is 2.89. The summed E-state index contributed by atoms with van der Waals surface area (Å²) in [4.78, 5) is 7.94. The molecule has 0 spiro atoms. The Hall–Kier alpha value is -2.03. The molecule has 1 aromatic carbocycles. The van der Waals surface area contributed by atoms with Crippen LogP contribution in [0.3, 0.4) is 0 Å². The maximum atomic E-state index is 5.65. The van der Waals surface area contributed by atoms with E-state index in [1.807, 2.05) is 24.3 Å². The van der Waals surface area contributed by atoms with Gasteiger partial charge in [0.2, 0.25) is 5.88 Å². The van der Waals surface area contributed by atoms with Gasteiger partial charge in [0.05, 0.1) is 17.6 Å². The molecule has 0 saturated carbocycles. The van der Waals surface area contributed by atoms with Crippen molar-refractivity contribution in [3.8, 4) is 5.88 Å². The molecule has 0 aliphatic heterocycles. The molecule has 92 valence electrons. The van der Waals surface area contributed by atoms with Gasteiger partial charge in [-0.15, -0.1) is 0 Å². The number of rotatable bonds is 4. The van der Waals surface area contributed by atoms with Crippen LogP contribution in [-0.2, 0) is 0 Å². The third kappa shape index (κ3) is 1.92. The van der Waals surface area contributed by atoms with Crippen molar-refractivity contribution >= 4 is 21.9 Å². The maximum Gasteiger partial charge on any atom is 0.213 e. The number of hydrogen-bond donors (Lipinski definition) is 1. The van der Waals surface area contributed by atoms with Gasteiger partial charge in [0, 0.05) is 17.0 Å². The van der Waals surface area contributed by atoms with Crippen molar-refractivity contribution in [3.63, 3.8) is 0 Å². The van der Waals surface area contributed by atoms with Gasteiger partial charge in [0.15, 0.2) is 0 Å². The normalized spacial score (nSPS) is 11.2. The van der Waals surface area contributed by atoms with Crippen LogP contribution in [-0.4, -0.2) is 16.6 Å². The van der Waals surface area contributed by atoms with E-state index in [-0.39, 0.29) is 0 Å². The van der Waals surface area contributed by atoms with Gasteiger partial charge >= 0.3 is 0 Å². The number of ether oxygens (including phenoxy) is 1. The quantitative estimate of drug-likeness (QED) is 0.702. The molecule has 0 aliphatic rings. The molecule has 18 heavy (non-hydrogen) atoms. The molecule has 0 aliphatic carbocycles. The zero-order chi connectivity index (χ0) is 12.4. The van der Waals surface area contributed by atoms with Crippen LogP contribution >= 0.6 is 0 Å². The monoisotopic (exact) mass is 240 g/mol. The van der Waals surface area contributed by atoms with E-state index in [2.05, 4.69) is 29.0 Å². The summed E-state index contributed by atoms with van der Waals surface area (Å²) in [5.41, 5.74) is 3.16. The lowest BCUT2D eigenvalue weighted by atomic mass is 10.2. The molecule has 3 aromatic rings. The highest BCUT2D eigenvalue weighted by Gasteiger charge is 2.06. The second kappa shape index (κ2) is 4.69. The predicted molar refractivity (Wildman–Crippen MR) is 74.0 cm³/mol. The second-order valence-corrected chi connectivity index (χ2v) is 4.42. The molecular formula is C15H16N2O. The molecule has 2 aromatic heterocycles. The first-order valence-electron chi connectivity index (χ1n) is 6.39. The largest absolute Gasteiger partial charge is 0.478 e. The minimum Gasteiger partial charge on any atom is -0.478 e. The summed E-state index contributed by atoms with van der Waals surface area (Å²) >= 11 is 0. The number of aromatic amines is 1. The Labute approximate surface area is 106 Å². The average molecular weight is 240 g/mol. The maximum absolute atomic E-state index is 5.65. The number of fused-ring (bicyclic) bond motifs is 3. The Bertz CT molecular complexity index is 672. The van der Waals surface area contributed by atoms with E-state index in [1.54, 1.807) is 0 Å². The molecule has 0 bridgehead atoms. The van der Waals surface area contributed by atoms with E-state index in [9.17, 15) is 0 Å². The van der Waals surface area contributed by atoms with Crippen LogP contribution in [0.2, 0.25) is 0 Å². The molecule has 3 rings (SSSR count). The minimum atomic E-state index is 0.709. The molecule has 3 nitrogen and oxygen atoms in total. The van der Waals surface area contributed by atoms with Gasteiger partial charge in [0.25, 0.3) is 0 Å². The average Bonchev–Trinajstić information content (AvgIpc) is 2.77. The molecule has 2 heterocycles. The smallest absolute Gasteiger partial charge is 0.213 e. The van der Waals surface area contributed by atoms with Crippen LogP contribution in [0, 0.1) is 0 Å². The number of pyridine rings is 1. The topological polar surface area (TPSA) is 37.9 Å². The van der Waals surface area contributed by atoms with E-state index in [0.29, 0.717) is 5.88 Å². The molecule has 0 saturated heterocycles. The van der Waals surface area contributed by atoms with Crippen molar-refractivity contribution in [3.05, 3.63) is 36.4 Å². The fourth-order valence-corrected chi connectivity index (χ4v) is 2.09. The zero-order valence-electron chi connectivity index (χ0n) is 10.4. The summed E-state index contributed by atoms with van der Waals surface area (Å²) in [6.07, 6.45) is 2.20. The first-order valence-corrected chi connectivity index (χ1v) is 6.39. The Kier molecular flexibility index (Phi) is 2.89. The van der Waals surface area contributed by atoms with Crippen LogP contribution in [0.5, 0.6) is 5.88 Å². The van der Waals surface area contributed by atoms with Crippen molar-refractivity contribution in [2.24, 2.45) is 0 Å². The number of hydrogen-bond acceptors (Lipinski definition) is 2. The highest BCUT2D eigenvalue weighted by atomic mass is 16.5. The summed E-state index contributed by atoms with van der Waals surface area (Å²) in [5.74, 6) is 0.709. The standard InChI is InChI=1S/C15H16N2O/c1-2-3-10-18-14-9-8-13-15(17-14)11-6-4-5-7-12(11)16-13/h4-9,16H,2-3,10H2,1H3. The minimum absolute atomic E-state index is 0.709. The van der Waals surface area contributed by atoms with Gasteiger partial charge in [-0.3, -0.25) is 0 Å². The van der Waals surface area contributed by atoms with Gasteiger partial charge in [-0.2, -0.15) is 0 Å². The zero-order valence-corrected chi connectivity index (χ0v) is 10.4. The lowest BCUT2D eigenvalue weighted by molar-refractivity contribution is 0.299. The molecule has 0 atom stereocenters. The van der Waals surface area contributed by atoms with E-state index >= 15 is 0 Å². The van der Waals surface area contributed by atoms with Gasteiger partial charge in [-0.05, 0) is 18.6 Å². The number of nitrogens with one attached hydrogen (secondary N) is 1. The van der Waals surface area contributed by atoms with E-state index in [1.165, 1.54) is 0 Å². The fourth-order valence-electron chi connectivity index (χ4n) is 2.09. The molecule has 0 fully saturated rings. The Morgan fingerprint density at radius 2 is 2.00 bits per heavy atom. The Morgan fingerprint density at radius 1 is 1.11 bits per heavy atom. The van der Waals surface area contributed by atoms with Crippen molar-refractivity contribution in [2.45, 2.75) is 19.8 Å². The van der Waals surface area contributed by atoms with E-state index in [4.69, 9.17) is 4.74 Å². The Balaban J connectivity index is 2.02. The molecule has 3 heteroatoms. The van der Waals surface area contributed by atoms with Crippen LogP contribution in [0.1, 0.15) is 19.8 Å². The molecule has 0 unspecified atom stereocenters. The van der Waals surface area contributed by atoms with Crippen LogP contribution < -0.4 is 4.74 Å². The van der Waals surface area contributed by atoms with Gasteiger partial charge < -0.3 is 9.72 Å². The SMILES string of the molecule is CCCCOc1ccc2[nH]c3ccccc3c2n1. The summed E-state index contributed by atoms with van der Waals surface area (Å²) in [7, 11) is 0. The Morgan fingerprint density at radius 3 is 2.89 bits per heavy atom. The fraction of sp³-hybridized carbons (Fsp3) is 0.267. The molecule has 0 radical (unpaired) electrons. The van der Waals surface area contributed by atoms with Crippen molar-refractivity contribution in [2.75, 3.05) is 6.61 Å². The van der Waals surface area contributed by atoms with E-state index in [0.717, 1.165) is 41.4 Å². The summed E-state index contributed by atoms with van der Waals surface area (Å²) < 4.78 is 5.65. The number of para-hydroxylation sites is 1. The molecular weight excluding hydrogens is 224 g/mol. The molecule has 0 amide bonds. The van der Waals surface area contributed by atoms with E-state index < -0.39 is 0 Å². The lowest BCUT2D eigenvalue weighted by Gasteiger charge is -2.03. The summed E-state index contributed by atoms with van der Waals surface area (Å²) in [6, 6.07) is 12.2. The highest BCUT2D eigenvalue weighted by Crippen LogP contribution is 2.25. The van der Waals surface area contributed by atoms with Gasteiger partial charge in [-0.1, -0.05) is 31.5 Å². The van der Waals surface area contributed by atoms with Crippen LogP contribution in [0.4, 0.5) is 0 Å². The number of nitrogens with zero attached hydrogens (tertiary/aromatic N) is 1. The first-order chi connectivity index (χ1) is 8.88. The third-order valence-electron chi connectivity index (χ3n) is 3.07. The number of benzene rings is 1.